The molecule has 1 aliphatic heterocycles. The first-order chi connectivity index (χ1) is 42.9. The van der Waals surface area contributed by atoms with E-state index in [2.05, 4.69) is 133 Å². The summed E-state index contributed by atoms with van der Waals surface area (Å²) < 4.78 is 131. The van der Waals surface area contributed by atoms with Gasteiger partial charge in [0.05, 0.1) is 19.2 Å². The molecule has 3 heterocycles. The van der Waals surface area contributed by atoms with E-state index in [0.717, 1.165) is 72.1 Å². The molecule has 0 aliphatic carbocycles. The Balaban J connectivity index is 0.00000867. The summed E-state index contributed by atoms with van der Waals surface area (Å²) in [6.45, 7) is 23.7. The zero-order chi connectivity index (χ0) is 65.7. The molecular weight excluding hydrogens is 1130 g/mol. The number of para-hydroxylation sites is 3. The summed E-state index contributed by atoms with van der Waals surface area (Å²) in [5, 5.41) is 2.07. The molecule has 12 rings (SSSR count). The molecular formula is C73H65N4Pt-3. The summed E-state index contributed by atoms with van der Waals surface area (Å²) >= 11 is 0. The fourth-order valence-corrected chi connectivity index (χ4v) is 11.5. The maximum Gasteiger partial charge on any atom is 0.135 e. The molecule has 2 aromatic heterocycles. The van der Waals surface area contributed by atoms with Crippen molar-refractivity contribution < 1.29 is 40.3 Å². The molecule has 0 amide bonds. The van der Waals surface area contributed by atoms with Gasteiger partial charge in [0.15, 0.2) is 0 Å². The van der Waals surface area contributed by atoms with Crippen molar-refractivity contribution in [3.8, 4) is 50.3 Å². The number of fused-ring (bicyclic) bond motifs is 4. The molecule has 0 fully saturated rings. The molecule has 390 valence electrons. The molecule has 0 N–H and O–H groups in total. The van der Waals surface area contributed by atoms with Crippen molar-refractivity contribution in [1.82, 2.24) is 9.55 Å². The molecule has 5 heteroatoms. The number of pyridine rings is 1. The van der Waals surface area contributed by atoms with Crippen molar-refractivity contribution in [3.63, 3.8) is 0 Å². The van der Waals surface area contributed by atoms with Crippen LogP contribution in [-0.4, -0.2) is 9.55 Å². The average molecular weight is 1210 g/mol. The van der Waals surface area contributed by atoms with E-state index in [9.17, 15) is 6.85 Å². The van der Waals surface area contributed by atoms with E-state index in [4.69, 9.17) is 17.3 Å². The van der Waals surface area contributed by atoms with Crippen molar-refractivity contribution in [2.24, 2.45) is 0 Å². The molecule has 78 heavy (non-hydrogen) atoms. The SMILES string of the molecule is [2H]c1c([2H])c([2H])c(-c2c(C)c(-c3c([2H])c([2H])c([2H])c([2H])c3C)c(C)c(-c3c([2H])c([2H])c([2H])c([2H])c3[2H])c2N2[CH-]N(c3[c-]c(C(C)(C)c4[c-]c5c(cc4)c4ccccc4n5-c4cc(C(C)(C)C)ccn4)cc(-c4c(C)cc(C)cc4C)c3)c3ccccc32)c([2H])c1[2H].[Pt]. The fourth-order valence-electron chi connectivity index (χ4n) is 11.5. The van der Waals surface area contributed by atoms with Gasteiger partial charge < -0.3 is 14.4 Å². The van der Waals surface area contributed by atoms with Gasteiger partial charge in [-0.05, 0) is 149 Å². The normalized spacial score (nSPS) is 15.1. The molecule has 0 bridgehead atoms. The van der Waals surface area contributed by atoms with E-state index in [1.54, 1.807) is 25.4 Å². The average Bonchev–Trinajstić information content (AvgIpc) is 1.000. The van der Waals surface area contributed by atoms with Crippen molar-refractivity contribution in [3.05, 3.63) is 257 Å². The molecule has 0 atom stereocenters. The summed E-state index contributed by atoms with van der Waals surface area (Å²) in [7, 11) is 0. The zero-order valence-electron chi connectivity index (χ0n) is 59.5. The summed E-state index contributed by atoms with van der Waals surface area (Å²) in [5.74, 6) is 0.770. The van der Waals surface area contributed by atoms with Crippen LogP contribution in [-0.2, 0) is 31.9 Å². The number of aromatic nitrogens is 2. The van der Waals surface area contributed by atoms with Crippen molar-refractivity contribution in [2.75, 3.05) is 9.80 Å². The van der Waals surface area contributed by atoms with E-state index in [1.165, 1.54) is 6.92 Å². The van der Waals surface area contributed by atoms with E-state index in [1.807, 2.05) is 47.5 Å². The third-order valence-electron chi connectivity index (χ3n) is 15.3. The van der Waals surface area contributed by atoms with Crippen molar-refractivity contribution >= 4 is 44.6 Å². The second-order valence-electron chi connectivity index (χ2n) is 21.8. The van der Waals surface area contributed by atoms with Crippen LogP contribution in [0.5, 0.6) is 0 Å². The Labute approximate surface area is 496 Å². The third kappa shape index (κ3) is 8.89. The van der Waals surface area contributed by atoms with Crippen LogP contribution in [0.3, 0.4) is 0 Å². The third-order valence-corrected chi connectivity index (χ3v) is 15.3. The van der Waals surface area contributed by atoms with Gasteiger partial charge in [-0.1, -0.05) is 173 Å². The zero-order valence-corrected chi connectivity index (χ0v) is 47.8. The van der Waals surface area contributed by atoms with Gasteiger partial charge in [-0.25, -0.2) is 4.98 Å². The molecule has 0 radical (unpaired) electrons. The molecule has 11 aromatic rings. The fraction of sp³-hybridized carbons (Fsp3) is 0.178. The molecule has 1 aliphatic rings. The minimum absolute atomic E-state index is 0. The van der Waals surface area contributed by atoms with Crippen LogP contribution in [0.25, 0.3) is 72.1 Å². The second kappa shape index (κ2) is 20.2. The minimum atomic E-state index is -0.816. The molecule has 0 spiro atoms. The van der Waals surface area contributed by atoms with Crippen LogP contribution in [0.2, 0.25) is 0 Å². The quantitative estimate of drug-likeness (QED) is 0.135. The van der Waals surface area contributed by atoms with Gasteiger partial charge in [-0.2, -0.15) is 41.5 Å². The minimum Gasteiger partial charge on any atom is -0.493 e. The van der Waals surface area contributed by atoms with Crippen LogP contribution >= 0.6 is 0 Å². The summed E-state index contributed by atoms with van der Waals surface area (Å²) in [6, 6.07) is 32.4. The standard InChI is InChI=1S/C73H65N4.Pt/c1-46-38-48(3)67(49(4)39-46)54-40-57(73(10,11)56-34-35-61-60-30-20-21-31-62(60)77(65(61)43-56)66-44-55(36-37-74-66)72(7,8)9)42-58(41-54)75-45-76(64-33-23-22-32-63(64)75)71-69(52-25-14-12-15-26-52)50(5)68(59-29-19-18-24-47(59)2)51(6)70(71)53-27-16-13-17-28-53;/h12-41,44-45H,1-11H3;/q-3;/i12D,13D,14D,15D,16D,17D,18D,19D,24D,25D,26D,27D,28D,29D;. The molecule has 0 saturated heterocycles. The van der Waals surface area contributed by atoms with Gasteiger partial charge >= 0.3 is 0 Å². The van der Waals surface area contributed by atoms with Crippen LogP contribution < -0.4 is 9.80 Å². The first-order valence-corrected chi connectivity index (χ1v) is 25.9. The van der Waals surface area contributed by atoms with E-state index < -0.39 is 84.0 Å². The van der Waals surface area contributed by atoms with Gasteiger partial charge in [-0.15, -0.1) is 29.4 Å². The first kappa shape index (κ1) is 37.9. The number of hydrogen-bond acceptors (Lipinski definition) is 3. The van der Waals surface area contributed by atoms with Crippen molar-refractivity contribution in [2.45, 2.75) is 87.0 Å². The van der Waals surface area contributed by atoms with E-state index >= 15 is 0 Å². The molecule has 4 nitrogen and oxygen atoms in total. The number of nitrogens with zero attached hydrogens (tertiary/aromatic N) is 4. The maximum atomic E-state index is 9.68. The Morgan fingerprint density at radius 3 is 1.78 bits per heavy atom. The number of aryl methyl sites for hydroxylation is 3. The number of rotatable bonds is 9. The van der Waals surface area contributed by atoms with Crippen LogP contribution in [0.15, 0.2) is 188 Å². The van der Waals surface area contributed by atoms with Gasteiger partial charge in [0.2, 0.25) is 0 Å². The van der Waals surface area contributed by atoms with Gasteiger partial charge in [0, 0.05) is 61.0 Å². The Morgan fingerprint density at radius 1 is 0.526 bits per heavy atom. The first-order valence-electron chi connectivity index (χ1n) is 32.9. The number of benzene rings is 9. The predicted octanol–water partition coefficient (Wildman–Crippen LogP) is 19.3. The summed E-state index contributed by atoms with van der Waals surface area (Å²) in [6.07, 6.45) is 1.86. The number of anilines is 4. The monoisotopic (exact) mass is 1210 g/mol. The van der Waals surface area contributed by atoms with Crippen LogP contribution in [0.1, 0.15) is 104 Å². The van der Waals surface area contributed by atoms with E-state index in [-0.39, 0.29) is 88.3 Å². The Morgan fingerprint density at radius 2 is 1.13 bits per heavy atom. The van der Waals surface area contributed by atoms with Crippen LogP contribution in [0, 0.1) is 60.3 Å². The predicted molar refractivity (Wildman–Crippen MR) is 325 cm³/mol. The Kier molecular flexibility index (Phi) is 9.82. The summed E-state index contributed by atoms with van der Waals surface area (Å²) in [5.41, 5.74) is 10.7. The largest absolute Gasteiger partial charge is 0.493 e. The number of hydrogen-bond donors (Lipinski definition) is 0. The Bertz CT molecular complexity index is 4760. The molecule has 0 saturated carbocycles. The molecule has 0 unspecified atom stereocenters. The van der Waals surface area contributed by atoms with Gasteiger partial charge in [0.1, 0.15) is 5.82 Å². The topological polar surface area (TPSA) is 24.3 Å². The maximum absolute atomic E-state index is 9.68. The van der Waals surface area contributed by atoms with Gasteiger partial charge in [0.25, 0.3) is 0 Å². The van der Waals surface area contributed by atoms with Crippen LogP contribution in [0.4, 0.5) is 22.7 Å². The Hall–Kier alpha value is -7.78. The van der Waals surface area contributed by atoms with Crippen molar-refractivity contribution in [1.29, 1.82) is 0 Å². The smallest absolute Gasteiger partial charge is 0.135 e. The van der Waals surface area contributed by atoms with E-state index in [0.29, 0.717) is 17.1 Å². The molecule has 9 aromatic carbocycles. The second-order valence-corrected chi connectivity index (χ2v) is 21.8. The summed E-state index contributed by atoms with van der Waals surface area (Å²) in [4.78, 5) is 8.66. The van der Waals surface area contributed by atoms with Gasteiger partial charge in [-0.3, -0.25) is 0 Å².